The maximum absolute atomic E-state index is 15.0. The highest BCUT2D eigenvalue weighted by atomic mass is 19.1. The van der Waals surface area contributed by atoms with Crippen molar-refractivity contribution in [2.24, 2.45) is 0 Å². The Labute approximate surface area is 229 Å². The van der Waals surface area contributed by atoms with Crippen LogP contribution >= 0.6 is 0 Å². The van der Waals surface area contributed by atoms with Crippen molar-refractivity contribution in [3.8, 4) is 23.1 Å². The standard InChI is InChI=1S/C28H29F2N5O5/c1-28(2,3)40-27(37)34-13-19-22(15-34)31-25(32-26(19)36)24-17-7-5-6-8-23(17)35(33-24)14-18-20(29)11-16(12-21(18)30)39-10-9-38-4/h5-8,11-12H,9-10,13-15H2,1-4H3,(H,31,32,36). The third-order valence-corrected chi connectivity index (χ3v) is 6.26. The van der Waals surface area contributed by atoms with Crippen LogP contribution in [0.4, 0.5) is 13.6 Å². The molecular formula is C28H29F2N5O5. The van der Waals surface area contributed by atoms with E-state index in [9.17, 15) is 18.7 Å². The number of nitrogens with zero attached hydrogens (tertiary/aromatic N) is 5. The molecule has 5 rings (SSSR count). The number of carbonyl (C=O) groups is 1. The highest BCUT2D eigenvalue weighted by Gasteiger charge is 2.32. The second kappa shape index (κ2) is 10.7. The third-order valence-electron chi connectivity index (χ3n) is 6.26. The Morgan fingerprint density at radius 3 is 2.50 bits per heavy atom. The SMILES string of the molecule is COCCOc1cc(F)c(Cn2nc(-c3nc(O)c4c(n3)CN(C(=O)OC(C)(C)C)C4)c3ccccc32)c(F)c1. The second-order valence-corrected chi connectivity index (χ2v) is 10.4. The molecule has 1 aliphatic heterocycles. The molecule has 2 aromatic heterocycles. The molecule has 0 fully saturated rings. The van der Waals surface area contributed by atoms with Gasteiger partial charge in [0.05, 0.1) is 43.0 Å². The quantitative estimate of drug-likeness (QED) is 0.325. The molecule has 0 saturated heterocycles. The molecule has 1 N–H and O–H groups in total. The Kier molecular flexibility index (Phi) is 7.28. The first-order chi connectivity index (χ1) is 19.0. The minimum Gasteiger partial charge on any atom is -0.493 e. The van der Waals surface area contributed by atoms with Gasteiger partial charge < -0.3 is 19.3 Å². The molecular weight excluding hydrogens is 524 g/mol. The number of methoxy groups -OCH3 is 1. The topological polar surface area (TPSA) is 112 Å². The van der Waals surface area contributed by atoms with E-state index >= 15 is 0 Å². The number of hydrogen-bond donors (Lipinski definition) is 1. The van der Waals surface area contributed by atoms with E-state index in [1.807, 2.05) is 0 Å². The summed E-state index contributed by atoms with van der Waals surface area (Å²) in [4.78, 5) is 22.8. The fourth-order valence-electron chi connectivity index (χ4n) is 4.42. The van der Waals surface area contributed by atoms with Crippen LogP contribution in [0.5, 0.6) is 11.6 Å². The van der Waals surface area contributed by atoms with Crippen LogP contribution in [0.3, 0.4) is 0 Å². The van der Waals surface area contributed by atoms with Crippen molar-refractivity contribution in [1.82, 2.24) is 24.6 Å². The number of carbonyl (C=O) groups excluding carboxylic acids is 1. The lowest BCUT2D eigenvalue weighted by Crippen LogP contribution is -2.33. The minimum absolute atomic E-state index is 0.0595. The minimum atomic E-state index is -0.776. The predicted molar refractivity (Wildman–Crippen MR) is 141 cm³/mol. The summed E-state index contributed by atoms with van der Waals surface area (Å²) in [5.41, 5.74) is 0.945. The van der Waals surface area contributed by atoms with E-state index in [0.29, 0.717) is 27.9 Å². The number of aromatic hydroxyl groups is 1. The summed E-state index contributed by atoms with van der Waals surface area (Å²) in [6, 6.07) is 9.37. The van der Waals surface area contributed by atoms with Crippen LogP contribution in [-0.4, -0.2) is 61.8 Å². The normalized spacial score (nSPS) is 13.1. The van der Waals surface area contributed by atoms with Crippen LogP contribution in [-0.2, 0) is 29.1 Å². The second-order valence-electron chi connectivity index (χ2n) is 10.4. The zero-order valence-electron chi connectivity index (χ0n) is 22.6. The summed E-state index contributed by atoms with van der Waals surface area (Å²) in [6.07, 6.45) is -0.527. The molecule has 0 bridgehead atoms. The summed E-state index contributed by atoms with van der Waals surface area (Å²) < 4.78 is 47.0. The van der Waals surface area contributed by atoms with Crippen LogP contribution in [0.1, 0.15) is 37.6 Å². The molecule has 12 heteroatoms. The maximum atomic E-state index is 15.0. The summed E-state index contributed by atoms with van der Waals surface area (Å²) in [5, 5.41) is 15.9. The van der Waals surface area contributed by atoms with E-state index in [1.54, 1.807) is 45.0 Å². The Balaban J connectivity index is 1.46. The first kappa shape index (κ1) is 27.3. The predicted octanol–water partition coefficient (Wildman–Crippen LogP) is 4.80. The zero-order valence-corrected chi connectivity index (χ0v) is 22.6. The Hall–Kier alpha value is -4.32. The van der Waals surface area contributed by atoms with Crippen molar-refractivity contribution in [3.63, 3.8) is 0 Å². The average Bonchev–Trinajstić information content (AvgIpc) is 3.48. The highest BCUT2D eigenvalue weighted by molar-refractivity contribution is 5.91. The van der Waals surface area contributed by atoms with Gasteiger partial charge in [-0.15, -0.1) is 0 Å². The van der Waals surface area contributed by atoms with Gasteiger partial charge in [0.1, 0.15) is 35.3 Å². The van der Waals surface area contributed by atoms with Gasteiger partial charge in [-0.3, -0.25) is 9.58 Å². The van der Waals surface area contributed by atoms with Crippen molar-refractivity contribution in [2.45, 2.75) is 46.0 Å². The van der Waals surface area contributed by atoms with E-state index in [4.69, 9.17) is 14.2 Å². The van der Waals surface area contributed by atoms with Gasteiger partial charge in [0.2, 0.25) is 5.88 Å². The first-order valence-corrected chi connectivity index (χ1v) is 12.7. The molecule has 3 heterocycles. The molecule has 0 atom stereocenters. The number of aromatic nitrogens is 4. The molecule has 0 spiro atoms. The van der Waals surface area contributed by atoms with Gasteiger partial charge in [-0.1, -0.05) is 18.2 Å². The van der Waals surface area contributed by atoms with Crippen molar-refractivity contribution >= 4 is 17.0 Å². The number of benzene rings is 2. The van der Waals surface area contributed by atoms with Crippen molar-refractivity contribution < 1.29 is 32.9 Å². The molecule has 0 radical (unpaired) electrons. The van der Waals surface area contributed by atoms with Gasteiger partial charge in [0, 0.05) is 30.2 Å². The molecule has 1 amide bonds. The number of amides is 1. The van der Waals surface area contributed by atoms with Crippen LogP contribution in [0.2, 0.25) is 0 Å². The summed E-state index contributed by atoms with van der Waals surface area (Å²) >= 11 is 0. The molecule has 1 aliphatic rings. The molecule has 10 nitrogen and oxygen atoms in total. The average molecular weight is 554 g/mol. The monoisotopic (exact) mass is 553 g/mol. The smallest absolute Gasteiger partial charge is 0.410 e. The van der Waals surface area contributed by atoms with Crippen molar-refractivity contribution in [1.29, 1.82) is 0 Å². The van der Waals surface area contributed by atoms with E-state index in [-0.39, 0.29) is 55.9 Å². The molecule has 0 saturated carbocycles. The summed E-state index contributed by atoms with van der Waals surface area (Å²) in [7, 11) is 1.50. The fraction of sp³-hybridized carbons (Fsp3) is 0.357. The zero-order chi connectivity index (χ0) is 28.6. The Morgan fingerprint density at radius 1 is 1.07 bits per heavy atom. The van der Waals surface area contributed by atoms with E-state index in [1.165, 1.54) is 16.7 Å². The van der Waals surface area contributed by atoms with Gasteiger partial charge in [0.25, 0.3) is 0 Å². The molecule has 0 unspecified atom stereocenters. The van der Waals surface area contributed by atoms with Crippen LogP contribution in [0.25, 0.3) is 22.4 Å². The van der Waals surface area contributed by atoms with Crippen LogP contribution in [0, 0.1) is 11.6 Å². The number of para-hydroxylation sites is 1. The summed E-state index contributed by atoms with van der Waals surface area (Å²) in [5.74, 6) is -1.64. The van der Waals surface area contributed by atoms with Gasteiger partial charge >= 0.3 is 6.09 Å². The maximum Gasteiger partial charge on any atom is 0.410 e. The largest absolute Gasteiger partial charge is 0.493 e. The molecule has 40 heavy (non-hydrogen) atoms. The number of hydrogen-bond acceptors (Lipinski definition) is 8. The molecule has 210 valence electrons. The fourth-order valence-corrected chi connectivity index (χ4v) is 4.42. The van der Waals surface area contributed by atoms with Gasteiger partial charge in [-0.2, -0.15) is 10.1 Å². The number of rotatable bonds is 7. The summed E-state index contributed by atoms with van der Waals surface area (Å²) in [6.45, 7) is 5.78. The third kappa shape index (κ3) is 5.53. The highest BCUT2D eigenvalue weighted by Crippen LogP contribution is 2.34. The number of ether oxygens (including phenoxy) is 3. The number of fused-ring (bicyclic) bond motifs is 2. The van der Waals surface area contributed by atoms with Crippen LogP contribution < -0.4 is 4.74 Å². The van der Waals surface area contributed by atoms with Crippen LogP contribution in [0.15, 0.2) is 36.4 Å². The number of halogens is 2. The first-order valence-electron chi connectivity index (χ1n) is 12.7. The van der Waals surface area contributed by atoms with E-state index in [2.05, 4.69) is 15.1 Å². The van der Waals surface area contributed by atoms with E-state index in [0.717, 1.165) is 12.1 Å². The van der Waals surface area contributed by atoms with Gasteiger partial charge in [0.15, 0.2) is 5.82 Å². The van der Waals surface area contributed by atoms with Crippen molar-refractivity contribution in [2.75, 3.05) is 20.3 Å². The molecule has 4 aromatic rings. The van der Waals surface area contributed by atoms with E-state index < -0.39 is 23.3 Å². The Morgan fingerprint density at radius 2 is 1.80 bits per heavy atom. The lowest BCUT2D eigenvalue weighted by atomic mass is 10.1. The Bertz CT molecular complexity index is 1560. The van der Waals surface area contributed by atoms with Gasteiger partial charge in [-0.05, 0) is 26.8 Å². The molecule has 0 aliphatic carbocycles. The lowest BCUT2D eigenvalue weighted by molar-refractivity contribution is 0.0240. The molecule has 2 aromatic carbocycles. The lowest BCUT2D eigenvalue weighted by Gasteiger charge is -2.23. The van der Waals surface area contributed by atoms with Crippen molar-refractivity contribution in [3.05, 3.63) is 64.9 Å². The van der Waals surface area contributed by atoms with Gasteiger partial charge in [-0.25, -0.2) is 18.6 Å².